The van der Waals surface area contributed by atoms with Crippen molar-refractivity contribution in [3.8, 4) is 11.5 Å². The van der Waals surface area contributed by atoms with Crippen LogP contribution >= 0.6 is 0 Å². The van der Waals surface area contributed by atoms with E-state index < -0.39 is 0 Å². The Hall–Kier alpha value is -4.40. The molecule has 2 aromatic carbocycles. The Morgan fingerprint density at radius 2 is 1.36 bits per heavy atom. The van der Waals surface area contributed by atoms with Gasteiger partial charge in [0.2, 0.25) is 0 Å². The number of imidazole rings is 1. The molecule has 0 bridgehead atoms. The third-order valence-electron chi connectivity index (χ3n) is 5.63. The van der Waals surface area contributed by atoms with Crippen LogP contribution in [-0.4, -0.2) is 46.1 Å². The van der Waals surface area contributed by atoms with Gasteiger partial charge in [-0.15, -0.1) is 0 Å². The normalized spacial score (nSPS) is 12.2. The lowest BCUT2D eigenvalue weighted by Crippen LogP contribution is -2.08. The maximum Gasteiger partial charge on any atom is 0.254 e. The van der Waals surface area contributed by atoms with Crippen LogP contribution in [0.4, 0.5) is 11.9 Å². The van der Waals surface area contributed by atoms with E-state index in [1.807, 2.05) is 18.3 Å². The van der Waals surface area contributed by atoms with Gasteiger partial charge in [-0.25, -0.2) is 15.0 Å². The molecule has 0 saturated heterocycles. The van der Waals surface area contributed by atoms with Gasteiger partial charge in [-0.3, -0.25) is 0 Å². The number of phenolic OH excluding ortho intramolecular Hbond substituents is 2. The fourth-order valence-electron chi connectivity index (χ4n) is 3.80. The number of hydrogen-bond acceptors (Lipinski definition) is 8. The van der Waals surface area contributed by atoms with Crippen LogP contribution in [0.25, 0.3) is 0 Å². The van der Waals surface area contributed by atoms with Crippen molar-refractivity contribution in [3.63, 3.8) is 0 Å². The lowest BCUT2D eigenvalue weighted by molar-refractivity contribution is 0.473. The lowest BCUT2D eigenvalue weighted by atomic mass is 10.1. The van der Waals surface area contributed by atoms with Crippen LogP contribution < -0.4 is 0 Å². The van der Waals surface area contributed by atoms with E-state index in [-0.39, 0.29) is 23.4 Å². The first-order valence-corrected chi connectivity index (χ1v) is 11.9. The van der Waals surface area contributed by atoms with Gasteiger partial charge in [0.25, 0.3) is 11.9 Å². The van der Waals surface area contributed by atoms with E-state index in [1.165, 1.54) is 0 Å². The first kappa shape index (κ1) is 24.7. The van der Waals surface area contributed by atoms with E-state index in [9.17, 15) is 10.2 Å². The van der Waals surface area contributed by atoms with Crippen molar-refractivity contribution in [2.75, 3.05) is 0 Å². The molecule has 184 valence electrons. The Morgan fingerprint density at radius 3 is 1.89 bits per heavy atom. The third-order valence-corrected chi connectivity index (χ3v) is 5.63. The molecule has 2 N–H and O–H groups in total. The number of aliphatic imine (C=N–C) groups is 2. The monoisotopic (exact) mass is 483 g/mol. The number of rotatable bonds is 9. The minimum absolute atomic E-state index is 0.130. The lowest BCUT2D eigenvalue weighted by Gasteiger charge is -2.08. The highest BCUT2D eigenvalue weighted by Crippen LogP contribution is 2.22. The van der Waals surface area contributed by atoms with Gasteiger partial charge in [0.05, 0.1) is 11.4 Å². The molecule has 4 aromatic rings. The van der Waals surface area contributed by atoms with Crippen LogP contribution in [-0.2, 0) is 19.4 Å². The molecule has 0 aliphatic rings. The van der Waals surface area contributed by atoms with Crippen molar-refractivity contribution in [1.82, 2.24) is 24.5 Å². The summed E-state index contributed by atoms with van der Waals surface area (Å²) in [7, 11) is 0. The van der Waals surface area contributed by atoms with E-state index in [0.717, 1.165) is 18.7 Å². The predicted octanol–water partition coefficient (Wildman–Crippen LogP) is 4.96. The molecule has 2 aromatic heterocycles. The largest absolute Gasteiger partial charge is 0.507 e. The number of phenols is 2. The van der Waals surface area contributed by atoms with E-state index >= 15 is 0 Å². The number of benzene rings is 2. The summed E-state index contributed by atoms with van der Waals surface area (Å²) < 4.78 is 2.10. The van der Waals surface area contributed by atoms with E-state index in [0.29, 0.717) is 41.3 Å². The molecular formula is C27H29N7O2. The van der Waals surface area contributed by atoms with Crippen molar-refractivity contribution in [1.29, 1.82) is 0 Å². The molecule has 0 radical (unpaired) electrons. The molecule has 9 heteroatoms. The summed E-state index contributed by atoms with van der Waals surface area (Å²) in [5.74, 6) is 2.21. The molecule has 0 fully saturated rings. The van der Waals surface area contributed by atoms with Crippen molar-refractivity contribution >= 4 is 23.3 Å². The number of aryl methyl sites for hydroxylation is 3. The summed E-state index contributed by atoms with van der Waals surface area (Å²) in [6, 6.07) is 14.0. The zero-order valence-electron chi connectivity index (χ0n) is 20.6. The highest BCUT2D eigenvalue weighted by Gasteiger charge is 2.11. The van der Waals surface area contributed by atoms with E-state index in [2.05, 4.69) is 41.4 Å². The number of hydrogen-bond donors (Lipinski definition) is 2. The molecule has 0 amide bonds. The van der Waals surface area contributed by atoms with Gasteiger partial charge in [-0.1, -0.05) is 31.2 Å². The molecule has 2 heterocycles. The number of para-hydroxylation sites is 2. The van der Waals surface area contributed by atoms with Crippen molar-refractivity contribution in [2.24, 2.45) is 9.98 Å². The molecule has 0 aliphatic heterocycles. The van der Waals surface area contributed by atoms with Gasteiger partial charge in [0.1, 0.15) is 23.1 Å². The summed E-state index contributed by atoms with van der Waals surface area (Å²) in [4.78, 5) is 27.1. The Morgan fingerprint density at radius 1 is 0.806 bits per heavy atom. The standard InChI is InChI=1S/C27H29N7O2/c1-4-9-25-28-15-17-34(25)16-14-24-31-26(29-18(2)20-10-5-7-12-22(20)35)33-27(32-24)30-19(3)21-11-6-8-13-23(21)36/h5-8,10-13,15,17,35-36H,4,9,14,16H2,1-3H3/b29-18+,30-19+. The van der Waals surface area contributed by atoms with Crippen molar-refractivity contribution < 1.29 is 10.2 Å². The van der Waals surface area contributed by atoms with Gasteiger partial charge >= 0.3 is 0 Å². The Bertz CT molecular complexity index is 1330. The highest BCUT2D eigenvalue weighted by molar-refractivity contribution is 6.02. The van der Waals surface area contributed by atoms with Crippen molar-refractivity contribution in [3.05, 3.63) is 83.7 Å². The van der Waals surface area contributed by atoms with Gasteiger partial charge < -0.3 is 14.8 Å². The fraction of sp³-hybridized carbons (Fsp3) is 0.259. The second kappa shape index (κ2) is 11.4. The number of aromatic nitrogens is 5. The minimum atomic E-state index is 0.130. The Kier molecular flexibility index (Phi) is 7.79. The highest BCUT2D eigenvalue weighted by atomic mass is 16.3. The fourth-order valence-corrected chi connectivity index (χ4v) is 3.80. The molecule has 0 atom stereocenters. The molecule has 0 unspecified atom stereocenters. The molecule has 4 rings (SSSR count). The SMILES string of the molecule is CCCc1nccn1CCc1nc(/N=C(\C)c2ccccc2O)nc(/N=C(\C)c2ccccc2O)n1. The minimum Gasteiger partial charge on any atom is -0.507 e. The quantitative estimate of drug-likeness (QED) is 0.325. The van der Waals surface area contributed by atoms with Crippen molar-refractivity contribution in [2.45, 2.75) is 46.6 Å². The van der Waals surface area contributed by atoms with Crippen LogP contribution in [0.3, 0.4) is 0 Å². The second-order valence-electron chi connectivity index (χ2n) is 8.32. The zero-order chi connectivity index (χ0) is 25.5. The summed E-state index contributed by atoms with van der Waals surface area (Å²) in [5.41, 5.74) is 2.32. The van der Waals surface area contributed by atoms with Gasteiger partial charge in [-0.2, -0.15) is 15.0 Å². The maximum absolute atomic E-state index is 10.2. The summed E-state index contributed by atoms with van der Waals surface area (Å²) >= 11 is 0. The van der Waals surface area contributed by atoms with Crippen LogP contribution in [0.2, 0.25) is 0 Å². The average molecular weight is 484 g/mol. The maximum atomic E-state index is 10.2. The topological polar surface area (TPSA) is 122 Å². The Labute approximate surface area is 210 Å². The molecule has 9 nitrogen and oxygen atoms in total. The third kappa shape index (κ3) is 5.99. The van der Waals surface area contributed by atoms with Gasteiger partial charge in [0, 0.05) is 42.9 Å². The van der Waals surface area contributed by atoms with Crippen LogP contribution in [0.1, 0.15) is 50.0 Å². The van der Waals surface area contributed by atoms with Gasteiger partial charge in [-0.05, 0) is 44.5 Å². The number of nitrogens with zero attached hydrogens (tertiary/aromatic N) is 7. The van der Waals surface area contributed by atoms with Gasteiger partial charge in [0.15, 0.2) is 0 Å². The molecule has 0 spiro atoms. The van der Waals surface area contributed by atoms with Crippen LogP contribution in [0.15, 0.2) is 70.9 Å². The number of aromatic hydroxyl groups is 2. The first-order valence-electron chi connectivity index (χ1n) is 11.9. The van der Waals surface area contributed by atoms with E-state index in [1.54, 1.807) is 56.4 Å². The summed E-state index contributed by atoms with van der Waals surface area (Å²) in [6.45, 7) is 6.36. The zero-order valence-corrected chi connectivity index (χ0v) is 20.6. The second-order valence-corrected chi connectivity index (χ2v) is 8.32. The molecular weight excluding hydrogens is 454 g/mol. The van der Waals surface area contributed by atoms with Crippen LogP contribution in [0, 0.1) is 0 Å². The summed E-state index contributed by atoms with van der Waals surface area (Å²) in [5, 5.41) is 20.4. The predicted molar refractivity (Wildman–Crippen MR) is 140 cm³/mol. The molecule has 36 heavy (non-hydrogen) atoms. The average Bonchev–Trinajstić information content (AvgIpc) is 3.30. The Balaban J connectivity index is 1.70. The molecule has 0 saturated carbocycles. The van der Waals surface area contributed by atoms with Crippen LogP contribution in [0.5, 0.6) is 11.5 Å². The smallest absolute Gasteiger partial charge is 0.254 e. The first-order chi connectivity index (χ1) is 17.4. The summed E-state index contributed by atoms with van der Waals surface area (Å²) in [6.07, 6.45) is 6.20. The molecule has 0 aliphatic carbocycles. The van der Waals surface area contributed by atoms with E-state index in [4.69, 9.17) is 0 Å².